The fraction of sp³-hybridized carbons (Fsp3) is 0.462. The fourth-order valence-electron chi connectivity index (χ4n) is 1.45. The molecule has 0 radical (unpaired) electrons. The van der Waals surface area contributed by atoms with Crippen molar-refractivity contribution in [3.05, 3.63) is 23.5 Å². The van der Waals surface area contributed by atoms with Crippen LogP contribution in [0.3, 0.4) is 0 Å². The van der Waals surface area contributed by atoms with Crippen molar-refractivity contribution in [1.29, 1.82) is 0 Å². The summed E-state index contributed by atoms with van der Waals surface area (Å²) in [5.41, 5.74) is 0.785. The summed E-state index contributed by atoms with van der Waals surface area (Å²) in [6, 6.07) is 3.02. The molecule has 0 saturated heterocycles. The molecule has 0 aliphatic heterocycles. The molecule has 5 heteroatoms. The summed E-state index contributed by atoms with van der Waals surface area (Å²) in [6.45, 7) is 6.04. The topological polar surface area (TPSA) is 47.6 Å². The maximum Gasteiger partial charge on any atom is 0.412 e. The Balaban J connectivity index is 3.07. The van der Waals surface area contributed by atoms with Gasteiger partial charge in [-0.15, -0.1) is 0 Å². The van der Waals surface area contributed by atoms with Gasteiger partial charge in [-0.1, -0.05) is 13.8 Å². The highest BCUT2D eigenvalue weighted by atomic mass is 19.1. The number of halogens is 1. The molecule has 0 saturated carbocycles. The zero-order chi connectivity index (χ0) is 13.7. The average molecular weight is 255 g/mol. The number of carbonyl (C=O) groups is 1. The van der Waals surface area contributed by atoms with Crippen molar-refractivity contribution in [2.24, 2.45) is 0 Å². The molecule has 4 nitrogen and oxygen atoms in total. The third kappa shape index (κ3) is 3.35. The molecule has 0 unspecified atom stereocenters. The van der Waals surface area contributed by atoms with Gasteiger partial charge >= 0.3 is 6.09 Å². The van der Waals surface area contributed by atoms with E-state index in [0.29, 0.717) is 6.54 Å². The number of amides is 1. The molecule has 1 aromatic rings. The smallest absolute Gasteiger partial charge is 0.412 e. The molecule has 0 spiro atoms. The molecule has 0 bridgehead atoms. The highest BCUT2D eigenvalue weighted by molar-refractivity contribution is 5.71. The summed E-state index contributed by atoms with van der Waals surface area (Å²) in [5, 5.41) is 2.43. The van der Waals surface area contributed by atoms with E-state index in [9.17, 15) is 9.18 Å². The van der Waals surface area contributed by atoms with Crippen molar-refractivity contribution < 1.29 is 18.7 Å². The average Bonchev–Trinajstić information content (AvgIpc) is 2.31. The van der Waals surface area contributed by atoms with Gasteiger partial charge in [0.25, 0.3) is 0 Å². The number of rotatable bonds is 4. The van der Waals surface area contributed by atoms with Crippen LogP contribution in [-0.2, 0) is 0 Å². The minimum atomic E-state index is -0.702. The van der Waals surface area contributed by atoms with Gasteiger partial charge in [-0.05, 0) is 30.5 Å². The number of carbonyl (C=O) groups excluding carboxylic acids is 1. The van der Waals surface area contributed by atoms with E-state index in [2.05, 4.69) is 5.32 Å². The Kier molecular flexibility index (Phi) is 4.95. The van der Waals surface area contributed by atoms with Crippen LogP contribution in [0.2, 0.25) is 0 Å². The van der Waals surface area contributed by atoms with Crippen molar-refractivity contribution in [2.45, 2.75) is 26.7 Å². The highest BCUT2D eigenvalue weighted by Crippen LogP contribution is 2.34. The summed E-state index contributed by atoms with van der Waals surface area (Å²) in [5.74, 6) is -0.422. The molecule has 0 aromatic heterocycles. The first-order chi connectivity index (χ1) is 8.49. The Bertz CT molecular complexity index is 432. The van der Waals surface area contributed by atoms with E-state index in [1.807, 2.05) is 13.8 Å². The molecule has 1 aromatic carbocycles. The van der Waals surface area contributed by atoms with E-state index in [0.717, 1.165) is 5.56 Å². The standard InChI is InChI=1S/C13H18FNO3/c1-5-15-13(16)18-12-10(14)6-9(8(2)3)7-11(12)17-4/h6-8H,5H2,1-4H3,(H,15,16). The Morgan fingerprint density at radius 1 is 1.44 bits per heavy atom. The highest BCUT2D eigenvalue weighted by Gasteiger charge is 2.17. The lowest BCUT2D eigenvalue weighted by atomic mass is 10.0. The molecular formula is C13H18FNO3. The van der Waals surface area contributed by atoms with Crippen LogP contribution in [0, 0.1) is 5.82 Å². The molecule has 0 aliphatic carbocycles. The summed E-state index contributed by atoms with van der Waals surface area (Å²) < 4.78 is 23.8. The summed E-state index contributed by atoms with van der Waals surface area (Å²) in [4.78, 5) is 11.3. The Morgan fingerprint density at radius 2 is 2.11 bits per heavy atom. The van der Waals surface area contributed by atoms with Crippen molar-refractivity contribution >= 4 is 6.09 Å². The first-order valence-corrected chi connectivity index (χ1v) is 5.82. The molecule has 18 heavy (non-hydrogen) atoms. The fourth-order valence-corrected chi connectivity index (χ4v) is 1.45. The first-order valence-electron chi connectivity index (χ1n) is 5.82. The zero-order valence-electron chi connectivity index (χ0n) is 11.0. The molecule has 1 rings (SSSR count). The Hall–Kier alpha value is -1.78. The van der Waals surface area contributed by atoms with Crippen molar-refractivity contribution in [1.82, 2.24) is 5.32 Å². The predicted octanol–water partition coefficient (Wildman–Crippen LogP) is 3.07. The lowest BCUT2D eigenvalue weighted by Gasteiger charge is -2.13. The number of ether oxygens (including phenoxy) is 2. The molecule has 100 valence electrons. The Morgan fingerprint density at radius 3 is 2.61 bits per heavy atom. The van der Waals surface area contributed by atoms with Crippen LogP contribution in [0.4, 0.5) is 9.18 Å². The second-order valence-corrected chi connectivity index (χ2v) is 4.11. The molecular weight excluding hydrogens is 237 g/mol. The number of hydrogen-bond donors (Lipinski definition) is 1. The minimum Gasteiger partial charge on any atom is -0.493 e. The van der Waals surface area contributed by atoms with Gasteiger partial charge in [0.1, 0.15) is 0 Å². The second-order valence-electron chi connectivity index (χ2n) is 4.11. The maximum atomic E-state index is 13.9. The summed E-state index contributed by atoms with van der Waals surface area (Å²) in [7, 11) is 1.41. The van der Waals surface area contributed by atoms with E-state index in [1.54, 1.807) is 13.0 Å². The van der Waals surface area contributed by atoms with Gasteiger partial charge in [0.2, 0.25) is 5.75 Å². The number of benzene rings is 1. The van der Waals surface area contributed by atoms with Gasteiger partial charge in [0.15, 0.2) is 11.6 Å². The van der Waals surface area contributed by atoms with Crippen LogP contribution >= 0.6 is 0 Å². The maximum absolute atomic E-state index is 13.9. The zero-order valence-corrected chi connectivity index (χ0v) is 11.0. The van der Waals surface area contributed by atoms with Gasteiger partial charge in [0, 0.05) is 6.54 Å². The van der Waals surface area contributed by atoms with E-state index in [1.165, 1.54) is 13.2 Å². The number of methoxy groups -OCH3 is 1. The quantitative estimate of drug-likeness (QED) is 0.899. The molecule has 0 aliphatic rings. The van der Waals surface area contributed by atoms with Crippen LogP contribution in [0.15, 0.2) is 12.1 Å². The van der Waals surface area contributed by atoms with Gasteiger partial charge in [0.05, 0.1) is 7.11 Å². The lowest BCUT2D eigenvalue weighted by molar-refractivity contribution is 0.196. The van der Waals surface area contributed by atoms with Gasteiger partial charge < -0.3 is 14.8 Å². The van der Waals surface area contributed by atoms with Crippen LogP contribution < -0.4 is 14.8 Å². The van der Waals surface area contributed by atoms with Crippen LogP contribution in [0.5, 0.6) is 11.5 Å². The second kappa shape index (κ2) is 6.23. The molecule has 0 atom stereocenters. The first kappa shape index (κ1) is 14.3. The van der Waals surface area contributed by atoms with E-state index >= 15 is 0 Å². The third-order valence-corrected chi connectivity index (χ3v) is 2.43. The van der Waals surface area contributed by atoms with Crippen LogP contribution in [0.1, 0.15) is 32.3 Å². The van der Waals surface area contributed by atoms with Crippen molar-refractivity contribution in [3.8, 4) is 11.5 Å². The number of hydrogen-bond acceptors (Lipinski definition) is 3. The van der Waals surface area contributed by atoms with Crippen LogP contribution in [-0.4, -0.2) is 19.7 Å². The monoisotopic (exact) mass is 255 g/mol. The van der Waals surface area contributed by atoms with Gasteiger partial charge in [-0.2, -0.15) is 0 Å². The SMILES string of the molecule is CCNC(=O)Oc1c(F)cc(C(C)C)cc1OC. The van der Waals surface area contributed by atoms with E-state index < -0.39 is 11.9 Å². The van der Waals surface area contributed by atoms with E-state index in [4.69, 9.17) is 9.47 Å². The van der Waals surface area contributed by atoms with Gasteiger partial charge in [-0.3, -0.25) is 0 Å². The molecule has 0 fully saturated rings. The third-order valence-electron chi connectivity index (χ3n) is 2.43. The van der Waals surface area contributed by atoms with E-state index in [-0.39, 0.29) is 17.4 Å². The Labute approximate surface area is 106 Å². The minimum absolute atomic E-state index is 0.159. The van der Waals surface area contributed by atoms with Gasteiger partial charge in [-0.25, -0.2) is 9.18 Å². The van der Waals surface area contributed by atoms with Crippen molar-refractivity contribution in [2.75, 3.05) is 13.7 Å². The van der Waals surface area contributed by atoms with Crippen LogP contribution in [0.25, 0.3) is 0 Å². The largest absolute Gasteiger partial charge is 0.493 e. The molecule has 1 N–H and O–H groups in total. The summed E-state index contributed by atoms with van der Waals surface area (Å²) in [6.07, 6.45) is -0.702. The summed E-state index contributed by atoms with van der Waals surface area (Å²) >= 11 is 0. The van der Waals surface area contributed by atoms with Crippen molar-refractivity contribution in [3.63, 3.8) is 0 Å². The molecule has 1 amide bonds. The molecule has 0 heterocycles. The number of nitrogens with one attached hydrogen (secondary N) is 1. The normalized spacial score (nSPS) is 10.3. The lowest BCUT2D eigenvalue weighted by Crippen LogP contribution is -2.26. The predicted molar refractivity (Wildman–Crippen MR) is 66.7 cm³/mol.